The number of halogens is 2. The van der Waals surface area contributed by atoms with E-state index in [2.05, 4.69) is 5.32 Å². The highest BCUT2D eigenvalue weighted by molar-refractivity contribution is 6.31. The van der Waals surface area contributed by atoms with Crippen molar-refractivity contribution in [2.75, 3.05) is 5.32 Å². The fourth-order valence-electron chi connectivity index (χ4n) is 2.44. The topological polar surface area (TPSA) is 51.1 Å². The molecule has 0 aliphatic carbocycles. The zero-order valence-corrected chi connectivity index (χ0v) is 13.4. The van der Waals surface area contributed by atoms with Crippen LogP contribution >= 0.6 is 11.6 Å². The first-order valence-electron chi connectivity index (χ1n) is 7.39. The molecule has 0 spiro atoms. The van der Waals surface area contributed by atoms with Crippen LogP contribution in [0.25, 0.3) is 10.9 Å². The summed E-state index contributed by atoms with van der Waals surface area (Å²) in [7, 11) is 0. The van der Waals surface area contributed by atoms with Gasteiger partial charge >= 0.3 is 0 Å². The summed E-state index contributed by atoms with van der Waals surface area (Å²) < 4.78 is 14.6. The van der Waals surface area contributed by atoms with Gasteiger partial charge in [0.2, 0.25) is 11.8 Å². The van der Waals surface area contributed by atoms with Crippen LogP contribution in [-0.2, 0) is 4.79 Å². The highest BCUT2D eigenvalue weighted by atomic mass is 35.5. The maximum atomic E-state index is 13.1. The Morgan fingerprint density at radius 1 is 1.08 bits per heavy atom. The van der Waals surface area contributed by atoms with Gasteiger partial charge in [-0.25, -0.2) is 4.39 Å². The maximum absolute atomic E-state index is 13.1. The van der Waals surface area contributed by atoms with E-state index < -0.39 is 5.82 Å². The number of carbonyl (C=O) groups excluding carboxylic acids is 2. The molecule has 0 saturated heterocycles. The monoisotopic (exact) mass is 344 g/mol. The molecule has 6 heteroatoms. The van der Waals surface area contributed by atoms with E-state index in [1.54, 1.807) is 6.20 Å². The molecule has 0 bridgehead atoms. The number of hydrogen-bond donors (Lipinski definition) is 1. The third-order valence-corrected chi connectivity index (χ3v) is 3.93. The molecule has 2 aromatic carbocycles. The van der Waals surface area contributed by atoms with E-state index in [1.807, 2.05) is 30.3 Å². The van der Waals surface area contributed by atoms with Gasteiger partial charge in [0.25, 0.3) is 0 Å². The Labute approximate surface area is 142 Å². The number of fused-ring (bicyclic) bond motifs is 1. The van der Waals surface area contributed by atoms with Crippen LogP contribution in [0.4, 0.5) is 10.1 Å². The van der Waals surface area contributed by atoms with Crippen LogP contribution in [0.5, 0.6) is 0 Å². The largest absolute Gasteiger partial charge is 0.326 e. The van der Waals surface area contributed by atoms with Crippen LogP contribution in [0, 0.1) is 5.82 Å². The number of hydrogen-bond acceptors (Lipinski definition) is 2. The highest BCUT2D eigenvalue weighted by Gasteiger charge is 2.12. The van der Waals surface area contributed by atoms with Gasteiger partial charge in [-0.15, -0.1) is 0 Å². The summed E-state index contributed by atoms with van der Waals surface area (Å²) in [4.78, 5) is 24.2. The van der Waals surface area contributed by atoms with E-state index in [-0.39, 0.29) is 29.7 Å². The van der Waals surface area contributed by atoms with Crippen molar-refractivity contribution >= 4 is 40.0 Å². The number of benzene rings is 2. The maximum Gasteiger partial charge on any atom is 0.231 e. The number of anilines is 1. The van der Waals surface area contributed by atoms with Gasteiger partial charge < -0.3 is 5.32 Å². The first kappa shape index (κ1) is 16.2. The average Bonchev–Trinajstić information content (AvgIpc) is 3.00. The molecule has 0 fully saturated rings. The highest BCUT2D eigenvalue weighted by Crippen LogP contribution is 2.20. The molecule has 1 amide bonds. The minimum atomic E-state index is -0.552. The molecule has 0 aliphatic rings. The molecule has 1 N–H and O–H groups in total. The Balaban J connectivity index is 1.61. The van der Waals surface area contributed by atoms with E-state index in [9.17, 15) is 14.0 Å². The van der Waals surface area contributed by atoms with Crippen molar-refractivity contribution in [3.05, 3.63) is 65.6 Å². The van der Waals surface area contributed by atoms with Crippen molar-refractivity contribution in [2.24, 2.45) is 0 Å². The van der Waals surface area contributed by atoms with Crippen molar-refractivity contribution in [3.63, 3.8) is 0 Å². The molecule has 3 rings (SSSR count). The Bertz CT molecular complexity index is 920. The number of rotatable bonds is 4. The first-order chi connectivity index (χ1) is 11.5. The van der Waals surface area contributed by atoms with Crippen LogP contribution in [0.15, 0.2) is 54.7 Å². The second kappa shape index (κ2) is 6.84. The predicted molar refractivity (Wildman–Crippen MR) is 91.8 cm³/mol. The lowest BCUT2D eigenvalue weighted by Crippen LogP contribution is -2.16. The molecule has 1 aromatic heterocycles. The number of amides is 1. The molecule has 0 radical (unpaired) electrons. The van der Waals surface area contributed by atoms with Gasteiger partial charge in [-0.3, -0.25) is 14.2 Å². The molecule has 3 aromatic rings. The van der Waals surface area contributed by atoms with Crippen LogP contribution in [-0.4, -0.2) is 16.4 Å². The van der Waals surface area contributed by atoms with Gasteiger partial charge in [-0.2, -0.15) is 0 Å². The molecular formula is C18H14ClFN2O2. The second-order valence-electron chi connectivity index (χ2n) is 5.32. The SMILES string of the molecule is O=C(CCC(=O)n1ccc2ccccc21)Nc1ccc(F)c(Cl)c1. The minimum absolute atomic E-state index is 0.0281. The van der Waals surface area contributed by atoms with E-state index in [4.69, 9.17) is 11.6 Å². The van der Waals surface area contributed by atoms with Crippen LogP contribution in [0.3, 0.4) is 0 Å². The summed E-state index contributed by atoms with van der Waals surface area (Å²) in [5.74, 6) is -1.05. The van der Waals surface area contributed by atoms with Gasteiger partial charge in [0.05, 0.1) is 10.5 Å². The van der Waals surface area contributed by atoms with E-state index in [0.717, 1.165) is 10.9 Å². The Hall–Kier alpha value is -2.66. The van der Waals surface area contributed by atoms with Gasteiger partial charge in [-0.1, -0.05) is 29.8 Å². The average molecular weight is 345 g/mol. The minimum Gasteiger partial charge on any atom is -0.326 e. The fourth-order valence-corrected chi connectivity index (χ4v) is 2.62. The lowest BCUT2D eigenvalue weighted by atomic mass is 10.2. The van der Waals surface area contributed by atoms with Gasteiger partial charge in [0, 0.05) is 30.1 Å². The van der Waals surface area contributed by atoms with Crippen molar-refractivity contribution in [1.29, 1.82) is 0 Å². The third kappa shape index (κ3) is 3.46. The molecule has 1 heterocycles. The number of nitrogens with zero attached hydrogens (tertiary/aromatic N) is 1. The molecule has 0 atom stereocenters. The quantitative estimate of drug-likeness (QED) is 0.758. The molecule has 122 valence electrons. The van der Waals surface area contributed by atoms with Crippen LogP contribution in [0.2, 0.25) is 5.02 Å². The Morgan fingerprint density at radius 2 is 1.88 bits per heavy atom. The molecule has 0 saturated carbocycles. The summed E-state index contributed by atoms with van der Waals surface area (Å²) in [6.07, 6.45) is 1.80. The number of carbonyl (C=O) groups is 2. The molecule has 4 nitrogen and oxygen atoms in total. The summed E-state index contributed by atoms with van der Waals surface area (Å²) in [6, 6.07) is 13.3. The molecule has 24 heavy (non-hydrogen) atoms. The first-order valence-corrected chi connectivity index (χ1v) is 7.76. The zero-order chi connectivity index (χ0) is 17.1. The third-order valence-electron chi connectivity index (χ3n) is 3.64. The van der Waals surface area contributed by atoms with Gasteiger partial charge in [0.1, 0.15) is 5.82 Å². The van der Waals surface area contributed by atoms with E-state index in [1.165, 1.54) is 22.8 Å². The van der Waals surface area contributed by atoms with Crippen molar-refractivity contribution in [2.45, 2.75) is 12.8 Å². The normalized spacial score (nSPS) is 10.8. The zero-order valence-electron chi connectivity index (χ0n) is 12.6. The fraction of sp³-hybridized carbons (Fsp3) is 0.111. The van der Waals surface area contributed by atoms with Gasteiger partial charge in [-0.05, 0) is 30.3 Å². The predicted octanol–water partition coefficient (Wildman–Crippen LogP) is 4.49. The summed E-state index contributed by atoms with van der Waals surface area (Å²) in [5.41, 5.74) is 1.21. The smallest absolute Gasteiger partial charge is 0.231 e. The summed E-state index contributed by atoms with van der Waals surface area (Å²) >= 11 is 5.66. The second-order valence-corrected chi connectivity index (χ2v) is 5.72. The van der Waals surface area contributed by atoms with E-state index >= 15 is 0 Å². The van der Waals surface area contributed by atoms with Crippen molar-refractivity contribution in [1.82, 2.24) is 4.57 Å². The lowest BCUT2D eigenvalue weighted by Gasteiger charge is -2.07. The molecule has 0 unspecified atom stereocenters. The molecule has 0 aliphatic heterocycles. The number of nitrogens with one attached hydrogen (secondary N) is 1. The number of aromatic nitrogens is 1. The van der Waals surface area contributed by atoms with Gasteiger partial charge in [0.15, 0.2) is 0 Å². The Morgan fingerprint density at radius 3 is 2.67 bits per heavy atom. The lowest BCUT2D eigenvalue weighted by molar-refractivity contribution is -0.116. The summed E-state index contributed by atoms with van der Waals surface area (Å²) in [6.45, 7) is 0. The molecular weight excluding hydrogens is 331 g/mol. The standard InChI is InChI=1S/C18H14ClFN2O2/c19-14-11-13(5-6-15(14)20)21-17(23)7-8-18(24)22-10-9-12-3-1-2-4-16(12)22/h1-6,9-11H,7-8H2,(H,21,23). The van der Waals surface area contributed by atoms with Crippen molar-refractivity contribution < 1.29 is 14.0 Å². The van der Waals surface area contributed by atoms with Crippen molar-refractivity contribution in [3.8, 4) is 0 Å². The Kier molecular flexibility index (Phi) is 4.62. The summed E-state index contributed by atoms with van der Waals surface area (Å²) in [5, 5.41) is 3.50. The van der Waals surface area contributed by atoms with Crippen LogP contribution in [0.1, 0.15) is 17.6 Å². The van der Waals surface area contributed by atoms with Crippen LogP contribution < -0.4 is 5.32 Å². The number of para-hydroxylation sites is 1. The van der Waals surface area contributed by atoms with E-state index in [0.29, 0.717) is 5.69 Å².